The van der Waals surface area contributed by atoms with Crippen molar-refractivity contribution in [1.29, 1.82) is 0 Å². The highest BCUT2D eigenvalue weighted by atomic mass is 32.2. The van der Waals surface area contributed by atoms with Crippen molar-refractivity contribution in [3.63, 3.8) is 0 Å². The van der Waals surface area contributed by atoms with Crippen molar-refractivity contribution in [2.24, 2.45) is 5.73 Å². The summed E-state index contributed by atoms with van der Waals surface area (Å²) in [5, 5.41) is -0.665. The van der Waals surface area contributed by atoms with Crippen LogP contribution in [0.2, 0.25) is 0 Å². The first kappa shape index (κ1) is 20.3. The van der Waals surface area contributed by atoms with E-state index >= 15 is 0 Å². The fraction of sp³-hybridized carbons (Fsp3) is 0.667. The van der Waals surface area contributed by atoms with E-state index in [1.165, 1.54) is 6.92 Å². The molecular formula is C15H23NO7S. The van der Waals surface area contributed by atoms with E-state index in [9.17, 15) is 14.4 Å². The molecule has 1 atom stereocenters. The summed E-state index contributed by atoms with van der Waals surface area (Å²) in [7, 11) is 0. The van der Waals surface area contributed by atoms with Gasteiger partial charge in [0, 0.05) is 4.75 Å². The molecule has 8 nitrogen and oxygen atoms in total. The molecule has 9 heteroatoms. The van der Waals surface area contributed by atoms with Gasteiger partial charge in [-0.1, -0.05) is 0 Å². The molecule has 0 fully saturated rings. The highest BCUT2D eigenvalue weighted by Gasteiger charge is 2.38. The molecule has 2 N–H and O–H groups in total. The number of rotatable bonds is 5. The zero-order valence-corrected chi connectivity index (χ0v) is 15.4. The third kappa shape index (κ3) is 6.04. The average molecular weight is 361 g/mol. The molecule has 0 saturated heterocycles. The normalized spacial score (nSPS) is 13.5. The summed E-state index contributed by atoms with van der Waals surface area (Å²) in [5.41, 5.74) is 5.23. The highest BCUT2D eigenvalue weighted by molar-refractivity contribution is 8.14. The molecule has 0 unspecified atom stereocenters. The van der Waals surface area contributed by atoms with E-state index in [4.69, 9.17) is 19.6 Å². The van der Waals surface area contributed by atoms with Crippen LogP contribution in [-0.2, 0) is 20.9 Å². The summed E-state index contributed by atoms with van der Waals surface area (Å²) in [6.45, 7) is 9.73. The monoisotopic (exact) mass is 361 g/mol. The first-order valence-electron chi connectivity index (χ1n) is 7.25. The molecule has 1 rings (SSSR count). The van der Waals surface area contributed by atoms with E-state index in [0.717, 1.165) is 11.8 Å². The van der Waals surface area contributed by atoms with E-state index < -0.39 is 33.5 Å². The lowest BCUT2D eigenvalue weighted by atomic mass is 10.0. The molecule has 1 aromatic rings. The Morgan fingerprint density at radius 2 is 1.79 bits per heavy atom. The molecule has 0 aliphatic heterocycles. The highest BCUT2D eigenvalue weighted by Crippen LogP contribution is 2.30. The standard InChI is InChI=1S/C15H23NO7S/c1-8-9(22-12(18)21-8)7-20-13(19)24-15(5,6)10(16)11(17)23-14(2,3)4/h10H,7,16H2,1-6H3/t10-/m0/s1. The van der Waals surface area contributed by atoms with Gasteiger partial charge >= 0.3 is 17.1 Å². The molecule has 0 amide bonds. The predicted molar refractivity (Wildman–Crippen MR) is 87.7 cm³/mol. The number of hydrogen-bond acceptors (Lipinski definition) is 9. The molecule has 0 bridgehead atoms. The van der Waals surface area contributed by atoms with Crippen molar-refractivity contribution in [1.82, 2.24) is 0 Å². The van der Waals surface area contributed by atoms with Crippen molar-refractivity contribution < 1.29 is 27.9 Å². The second-order valence-corrected chi connectivity index (χ2v) is 8.28. The Morgan fingerprint density at radius 3 is 2.25 bits per heavy atom. The number of carbonyl (C=O) groups is 2. The fourth-order valence-electron chi connectivity index (χ4n) is 1.59. The Morgan fingerprint density at radius 1 is 1.21 bits per heavy atom. The zero-order chi connectivity index (χ0) is 18.7. The van der Waals surface area contributed by atoms with Gasteiger partial charge in [0.05, 0.1) is 0 Å². The molecule has 0 aliphatic rings. The van der Waals surface area contributed by atoms with Crippen LogP contribution in [-0.4, -0.2) is 27.7 Å². The second kappa shape index (κ2) is 7.43. The minimum atomic E-state index is -1.03. The van der Waals surface area contributed by atoms with Crippen LogP contribution in [0.5, 0.6) is 0 Å². The molecule has 24 heavy (non-hydrogen) atoms. The molecule has 1 aromatic heterocycles. The smallest absolute Gasteiger partial charge is 0.459 e. The average Bonchev–Trinajstić information content (AvgIpc) is 2.71. The van der Waals surface area contributed by atoms with Crippen molar-refractivity contribution >= 4 is 23.0 Å². The molecule has 0 saturated carbocycles. The van der Waals surface area contributed by atoms with Crippen LogP contribution in [0.4, 0.5) is 4.79 Å². The first-order chi connectivity index (χ1) is 10.8. The second-order valence-electron chi connectivity index (χ2n) is 6.69. The topological polar surface area (TPSA) is 122 Å². The van der Waals surface area contributed by atoms with Crippen LogP contribution in [0.1, 0.15) is 46.1 Å². The number of ether oxygens (including phenoxy) is 2. The molecule has 1 heterocycles. The number of carbonyl (C=O) groups excluding carboxylic acids is 2. The van der Waals surface area contributed by atoms with Gasteiger partial charge in [-0.05, 0) is 53.3 Å². The molecule has 136 valence electrons. The predicted octanol–water partition coefficient (Wildman–Crippen LogP) is 2.36. The molecular weight excluding hydrogens is 338 g/mol. The number of aryl methyl sites for hydroxylation is 1. The number of nitrogens with two attached hydrogens (primary N) is 1. The maximum absolute atomic E-state index is 12.0. The molecule has 0 spiro atoms. The van der Waals surface area contributed by atoms with Crippen molar-refractivity contribution in [2.75, 3.05) is 0 Å². The molecule has 0 aromatic carbocycles. The van der Waals surface area contributed by atoms with Gasteiger partial charge in [-0.15, -0.1) is 0 Å². The van der Waals surface area contributed by atoms with Crippen LogP contribution in [0.15, 0.2) is 13.6 Å². The van der Waals surface area contributed by atoms with E-state index in [-0.39, 0.29) is 18.1 Å². The van der Waals surface area contributed by atoms with E-state index in [0.29, 0.717) is 0 Å². The lowest BCUT2D eigenvalue weighted by molar-refractivity contribution is -0.157. The molecule has 0 aliphatic carbocycles. The first-order valence-corrected chi connectivity index (χ1v) is 8.07. The Balaban J connectivity index is 2.61. The van der Waals surface area contributed by atoms with Crippen LogP contribution in [0.25, 0.3) is 0 Å². The van der Waals surface area contributed by atoms with E-state index in [1.807, 2.05) is 0 Å². The Kier molecular flexibility index (Phi) is 6.29. The summed E-state index contributed by atoms with van der Waals surface area (Å²) in [4.78, 5) is 34.9. The maximum atomic E-state index is 12.0. The minimum Gasteiger partial charge on any atom is -0.459 e. The lowest BCUT2D eigenvalue weighted by Gasteiger charge is -2.30. The summed E-state index contributed by atoms with van der Waals surface area (Å²) in [5.74, 6) is -1.10. The number of hydrogen-bond donors (Lipinski definition) is 1. The SMILES string of the molecule is Cc1oc(=O)oc1COC(=O)SC(C)(C)[C@@H](N)C(=O)OC(C)(C)C. The van der Waals surface area contributed by atoms with Gasteiger partial charge in [0.25, 0.3) is 0 Å². The van der Waals surface area contributed by atoms with Crippen molar-refractivity contribution in [3.8, 4) is 0 Å². The van der Waals surface area contributed by atoms with E-state index in [1.54, 1.807) is 34.6 Å². The van der Waals surface area contributed by atoms with Gasteiger partial charge in [-0.2, -0.15) is 0 Å². The third-order valence-electron chi connectivity index (χ3n) is 2.91. The Bertz CT molecular complexity index is 654. The van der Waals surface area contributed by atoms with Crippen LogP contribution < -0.4 is 11.6 Å². The number of thioether (sulfide) groups is 1. The van der Waals surface area contributed by atoms with Gasteiger partial charge in [0.1, 0.15) is 11.6 Å². The summed E-state index contributed by atoms with van der Waals surface area (Å²) in [6, 6.07) is -1.03. The van der Waals surface area contributed by atoms with Crippen LogP contribution in [0, 0.1) is 6.92 Å². The maximum Gasteiger partial charge on any atom is 0.519 e. The van der Waals surface area contributed by atoms with Gasteiger partial charge in [-0.3, -0.25) is 4.79 Å². The minimum absolute atomic E-state index is 0.128. The van der Waals surface area contributed by atoms with E-state index in [2.05, 4.69) is 4.42 Å². The van der Waals surface area contributed by atoms with Crippen LogP contribution >= 0.6 is 11.8 Å². The zero-order valence-electron chi connectivity index (χ0n) is 14.6. The largest absolute Gasteiger partial charge is 0.519 e. The Hall–Kier alpha value is -1.74. The molecule has 0 radical (unpaired) electrons. The van der Waals surface area contributed by atoms with Crippen molar-refractivity contribution in [2.45, 2.75) is 64.5 Å². The van der Waals surface area contributed by atoms with Crippen molar-refractivity contribution in [3.05, 3.63) is 22.1 Å². The summed E-state index contributed by atoms with van der Waals surface area (Å²) in [6.07, 6.45) is 0. The van der Waals surface area contributed by atoms with Crippen LogP contribution in [0.3, 0.4) is 0 Å². The fourth-order valence-corrected chi connectivity index (χ4v) is 2.36. The summed E-state index contributed by atoms with van der Waals surface area (Å²) >= 11 is 0.759. The van der Waals surface area contributed by atoms with Gasteiger partial charge < -0.3 is 24.0 Å². The van der Waals surface area contributed by atoms with Gasteiger partial charge in [0.2, 0.25) is 0 Å². The van der Waals surface area contributed by atoms with Gasteiger partial charge in [-0.25, -0.2) is 9.59 Å². The summed E-state index contributed by atoms with van der Waals surface area (Å²) < 4.78 is 18.7. The number of esters is 1. The van der Waals surface area contributed by atoms with Gasteiger partial charge in [0.15, 0.2) is 18.1 Å². The Labute approximate surface area is 144 Å². The lowest BCUT2D eigenvalue weighted by Crippen LogP contribution is -2.50. The quantitative estimate of drug-likeness (QED) is 0.787. The third-order valence-corrected chi connectivity index (χ3v) is 3.98.